The van der Waals surface area contributed by atoms with Crippen molar-refractivity contribution in [3.05, 3.63) is 34.1 Å². The van der Waals surface area contributed by atoms with Crippen LogP contribution in [0, 0.1) is 5.82 Å². The Bertz CT molecular complexity index is 296. The van der Waals surface area contributed by atoms with E-state index in [0.29, 0.717) is 5.92 Å². The van der Waals surface area contributed by atoms with Crippen LogP contribution >= 0.6 is 15.9 Å². The van der Waals surface area contributed by atoms with E-state index in [0.717, 1.165) is 29.3 Å². The molecule has 0 aromatic heterocycles. The fraction of sp³-hybridized carbons (Fsp3) is 0.500. The summed E-state index contributed by atoms with van der Waals surface area (Å²) in [6.07, 6.45) is 3.16. The molecule has 0 N–H and O–H groups in total. The highest BCUT2D eigenvalue weighted by Gasteiger charge is 2.13. The lowest BCUT2D eigenvalue weighted by atomic mass is 9.92. The van der Waals surface area contributed by atoms with Gasteiger partial charge in [0.05, 0.1) is 0 Å². The summed E-state index contributed by atoms with van der Waals surface area (Å²) >= 11 is 3.38. The van der Waals surface area contributed by atoms with Gasteiger partial charge in [-0.15, -0.1) is 0 Å². The number of halogens is 2. The molecule has 78 valence electrons. The van der Waals surface area contributed by atoms with Gasteiger partial charge in [-0.1, -0.05) is 36.2 Å². The summed E-state index contributed by atoms with van der Waals surface area (Å²) in [6, 6.07) is 5.19. The van der Waals surface area contributed by atoms with E-state index in [-0.39, 0.29) is 5.82 Å². The maximum atomic E-state index is 13.5. The summed E-state index contributed by atoms with van der Waals surface area (Å²) in [4.78, 5) is 0. The molecule has 1 aromatic carbocycles. The maximum absolute atomic E-state index is 13.5. The SMILES string of the molecule is CCCC(CC)c1cc(Br)ccc1F. The molecule has 0 amide bonds. The summed E-state index contributed by atoms with van der Waals surface area (Å²) in [5, 5.41) is 0. The van der Waals surface area contributed by atoms with Crippen molar-refractivity contribution >= 4 is 15.9 Å². The number of hydrogen-bond acceptors (Lipinski definition) is 0. The van der Waals surface area contributed by atoms with Gasteiger partial charge in [0, 0.05) is 4.47 Å². The summed E-state index contributed by atoms with van der Waals surface area (Å²) in [6.45, 7) is 4.25. The molecule has 1 atom stereocenters. The molecular weight excluding hydrogens is 243 g/mol. The van der Waals surface area contributed by atoms with Crippen LogP contribution in [0.5, 0.6) is 0 Å². The van der Waals surface area contributed by atoms with Gasteiger partial charge >= 0.3 is 0 Å². The predicted molar refractivity (Wildman–Crippen MR) is 62.0 cm³/mol. The zero-order chi connectivity index (χ0) is 10.6. The molecule has 0 saturated carbocycles. The molecule has 0 aliphatic rings. The first-order chi connectivity index (χ1) is 6.69. The molecule has 0 aliphatic carbocycles. The van der Waals surface area contributed by atoms with Crippen LogP contribution in [0.3, 0.4) is 0 Å². The Morgan fingerprint density at radius 3 is 2.64 bits per heavy atom. The molecule has 0 nitrogen and oxygen atoms in total. The fourth-order valence-electron chi connectivity index (χ4n) is 1.76. The maximum Gasteiger partial charge on any atom is 0.126 e. The van der Waals surface area contributed by atoms with Gasteiger partial charge in [-0.2, -0.15) is 0 Å². The van der Waals surface area contributed by atoms with Crippen molar-refractivity contribution in [1.82, 2.24) is 0 Å². The van der Waals surface area contributed by atoms with Crippen LogP contribution in [-0.2, 0) is 0 Å². The van der Waals surface area contributed by atoms with E-state index in [1.165, 1.54) is 6.07 Å². The number of hydrogen-bond donors (Lipinski definition) is 0. The van der Waals surface area contributed by atoms with Crippen molar-refractivity contribution in [2.75, 3.05) is 0 Å². The van der Waals surface area contributed by atoms with Gasteiger partial charge in [-0.05, 0) is 42.5 Å². The summed E-state index contributed by atoms with van der Waals surface area (Å²) < 4.78 is 14.5. The predicted octanol–water partition coefficient (Wildman–Crippen LogP) is 4.88. The van der Waals surface area contributed by atoms with Crippen LogP contribution in [0.15, 0.2) is 22.7 Å². The fourth-order valence-corrected chi connectivity index (χ4v) is 2.13. The first-order valence-corrected chi connectivity index (χ1v) is 5.93. The lowest BCUT2D eigenvalue weighted by Crippen LogP contribution is -2.00. The minimum atomic E-state index is -0.0755. The minimum absolute atomic E-state index is 0.0755. The monoisotopic (exact) mass is 258 g/mol. The lowest BCUT2D eigenvalue weighted by molar-refractivity contribution is 0.539. The summed E-state index contributed by atoms with van der Waals surface area (Å²) in [5.41, 5.74) is 0.851. The Morgan fingerprint density at radius 2 is 2.07 bits per heavy atom. The van der Waals surface area contributed by atoms with E-state index in [2.05, 4.69) is 29.8 Å². The number of benzene rings is 1. The first-order valence-electron chi connectivity index (χ1n) is 5.14. The van der Waals surface area contributed by atoms with E-state index in [1.807, 2.05) is 6.07 Å². The van der Waals surface area contributed by atoms with Crippen LogP contribution in [0.2, 0.25) is 0 Å². The van der Waals surface area contributed by atoms with Gasteiger partial charge < -0.3 is 0 Å². The summed E-state index contributed by atoms with van der Waals surface area (Å²) in [7, 11) is 0. The van der Waals surface area contributed by atoms with Gasteiger partial charge in [0.25, 0.3) is 0 Å². The normalized spacial score (nSPS) is 12.9. The van der Waals surface area contributed by atoms with Gasteiger partial charge in [0.15, 0.2) is 0 Å². The standard InChI is InChI=1S/C12H16BrF/c1-3-5-9(4-2)11-8-10(13)6-7-12(11)14/h6-9H,3-5H2,1-2H3. The van der Waals surface area contributed by atoms with E-state index in [4.69, 9.17) is 0 Å². The van der Waals surface area contributed by atoms with Crippen molar-refractivity contribution in [1.29, 1.82) is 0 Å². The van der Waals surface area contributed by atoms with Gasteiger partial charge in [0.2, 0.25) is 0 Å². The third-order valence-corrected chi connectivity index (χ3v) is 3.02. The highest BCUT2D eigenvalue weighted by Crippen LogP contribution is 2.29. The third kappa shape index (κ3) is 2.81. The Kier molecular flexibility index (Phi) is 4.59. The highest BCUT2D eigenvalue weighted by atomic mass is 79.9. The molecule has 0 bridgehead atoms. The molecule has 1 rings (SSSR count). The lowest BCUT2D eigenvalue weighted by Gasteiger charge is -2.15. The largest absolute Gasteiger partial charge is 0.207 e. The van der Waals surface area contributed by atoms with E-state index < -0.39 is 0 Å². The van der Waals surface area contributed by atoms with E-state index >= 15 is 0 Å². The van der Waals surface area contributed by atoms with Crippen LogP contribution in [0.25, 0.3) is 0 Å². The Balaban J connectivity index is 2.96. The third-order valence-electron chi connectivity index (χ3n) is 2.53. The highest BCUT2D eigenvalue weighted by molar-refractivity contribution is 9.10. The van der Waals surface area contributed by atoms with Gasteiger partial charge in [-0.3, -0.25) is 0 Å². The van der Waals surface area contributed by atoms with Gasteiger partial charge in [-0.25, -0.2) is 4.39 Å². The van der Waals surface area contributed by atoms with Crippen LogP contribution in [-0.4, -0.2) is 0 Å². The molecular formula is C12H16BrF. The topological polar surface area (TPSA) is 0 Å². The number of rotatable bonds is 4. The van der Waals surface area contributed by atoms with E-state index in [1.54, 1.807) is 6.07 Å². The van der Waals surface area contributed by atoms with Crippen molar-refractivity contribution in [2.24, 2.45) is 0 Å². The molecule has 2 heteroatoms. The Labute approximate surface area is 93.7 Å². The molecule has 0 radical (unpaired) electrons. The molecule has 0 heterocycles. The molecule has 1 aromatic rings. The van der Waals surface area contributed by atoms with Crippen LogP contribution < -0.4 is 0 Å². The molecule has 0 aliphatic heterocycles. The van der Waals surface area contributed by atoms with Crippen molar-refractivity contribution in [2.45, 2.75) is 39.0 Å². The van der Waals surface area contributed by atoms with Crippen molar-refractivity contribution in [3.63, 3.8) is 0 Å². The van der Waals surface area contributed by atoms with Gasteiger partial charge in [0.1, 0.15) is 5.82 Å². The molecule has 0 saturated heterocycles. The zero-order valence-electron chi connectivity index (χ0n) is 8.69. The van der Waals surface area contributed by atoms with Crippen LogP contribution in [0.1, 0.15) is 44.6 Å². The molecule has 0 spiro atoms. The van der Waals surface area contributed by atoms with Crippen molar-refractivity contribution in [3.8, 4) is 0 Å². The first kappa shape index (κ1) is 11.7. The quantitative estimate of drug-likeness (QED) is 0.722. The minimum Gasteiger partial charge on any atom is -0.207 e. The molecule has 0 fully saturated rings. The second-order valence-electron chi connectivity index (χ2n) is 3.56. The second-order valence-corrected chi connectivity index (χ2v) is 4.48. The molecule has 14 heavy (non-hydrogen) atoms. The molecule has 1 unspecified atom stereocenters. The zero-order valence-corrected chi connectivity index (χ0v) is 10.3. The van der Waals surface area contributed by atoms with Crippen LogP contribution in [0.4, 0.5) is 4.39 Å². The van der Waals surface area contributed by atoms with E-state index in [9.17, 15) is 4.39 Å². The summed E-state index contributed by atoms with van der Waals surface area (Å²) in [5.74, 6) is 0.283. The average molecular weight is 259 g/mol. The second kappa shape index (κ2) is 5.50. The Hall–Kier alpha value is -0.370. The van der Waals surface area contributed by atoms with Crippen molar-refractivity contribution < 1.29 is 4.39 Å². The smallest absolute Gasteiger partial charge is 0.126 e. The average Bonchev–Trinajstić information content (AvgIpc) is 2.18. The Morgan fingerprint density at radius 1 is 1.36 bits per heavy atom.